The van der Waals surface area contributed by atoms with Crippen LogP contribution in [0.25, 0.3) is 0 Å². The van der Waals surface area contributed by atoms with Gasteiger partial charge in [-0.3, -0.25) is 14.6 Å². The summed E-state index contributed by atoms with van der Waals surface area (Å²) in [5.41, 5.74) is 1.30. The lowest BCUT2D eigenvalue weighted by atomic mass is 9.79. The molecule has 1 saturated carbocycles. The van der Waals surface area contributed by atoms with Gasteiger partial charge in [0.25, 0.3) is 0 Å². The maximum Gasteiger partial charge on any atom is 0.233 e. The lowest BCUT2D eigenvalue weighted by molar-refractivity contribution is -0.133. The quantitative estimate of drug-likeness (QED) is 0.826. The van der Waals surface area contributed by atoms with Gasteiger partial charge in [0.15, 0.2) is 0 Å². The van der Waals surface area contributed by atoms with Gasteiger partial charge < -0.3 is 15.0 Å². The standard InChI is InChI=1S/C25H29N3O3/c1-31-20-9-7-19(8-10-20)24(12-13-24)23(30)28-16-21(18-5-4-14-26-15-18)25(17-28)11-3-2-6-22(29)27-25/h4-5,7-10,14-15,21H,2-3,6,11-13,16-17H2,1H3,(H,27,29)/t21-,25+/m0/s1. The predicted octanol–water partition coefficient (Wildman–Crippen LogP) is 3.18. The summed E-state index contributed by atoms with van der Waals surface area (Å²) < 4.78 is 5.28. The second kappa shape index (κ2) is 7.66. The average Bonchev–Trinajstić information content (AvgIpc) is 3.56. The summed E-state index contributed by atoms with van der Waals surface area (Å²) in [6.45, 7) is 1.18. The number of amides is 2. The Kier molecular flexibility index (Phi) is 4.95. The number of carbonyl (C=O) groups is 2. The van der Waals surface area contributed by atoms with Crippen molar-refractivity contribution in [1.29, 1.82) is 0 Å². The molecule has 1 N–H and O–H groups in total. The average molecular weight is 420 g/mol. The summed E-state index contributed by atoms with van der Waals surface area (Å²) in [5, 5.41) is 3.34. The summed E-state index contributed by atoms with van der Waals surface area (Å²) in [6.07, 6.45) is 8.72. The van der Waals surface area contributed by atoms with Crippen molar-refractivity contribution in [3.8, 4) is 5.75 Å². The van der Waals surface area contributed by atoms with Crippen LogP contribution >= 0.6 is 0 Å². The largest absolute Gasteiger partial charge is 0.497 e. The van der Waals surface area contributed by atoms with E-state index in [-0.39, 0.29) is 17.7 Å². The molecule has 6 nitrogen and oxygen atoms in total. The van der Waals surface area contributed by atoms with E-state index in [0.717, 1.165) is 49.0 Å². The number of carbonyl (C=O) groups excluding carboxylic acids is 2. The molecule has 2 atom stereocenters. The van der Waals surface area contributed by atoms with Gasteiger partial charge in [-0.2, -0.15) is 0 Å². The molecular formula is C25H29N3O3. The second-order valence-corrected chi connectivity index (χ2v) is 9.25. The van der Waals surface area contributed by atoms with E-state index in [1.807, 2.05) is 41.4 Å². The van der Waals surface area contributed by atoms with E-state index in [1.54, 1.807) is 13.3 Å². The van der Waals surface area contributed by atoms with E-state index in [9.17, 15) is 9.59 Å². The van der Waals surface area contributed by atoms with Crippen molar-refractivity contribution in [2.75, 3.05) is 20.2 Å². The fraction of sp³-hybridized carbons (Fsp3) is 0.480. The van der Waals surface area contributed by atoms with Crippen LogP contribution in [0.2, 0.25) is 0 Å². The third-order valence-electron chi connectivity index (χ3n) is 7.38. The molecule has 0 radical (unpaired) electrons. The summed E-state index contributed by atoms with van der Waals surface area (Å²) >= 11 is 0. The maximum atomic E-state index is 13.8. The highest BCUT2D eigenvalue weighted by molar-refractivity contribution is 5.92. The topological polar surface area (TPSA) is 71.5 Å². The van der Waals surface area contributed by atoms with Gasteiger partial charge in [-0.1, -0.05) is 24.6 Å². The van der Waals surface area contributed by atoms with Crippen molar-refractivity contribution in [2.24, 2.45) is 0 Å². The summed E-state index contributed by atoms with van der Waals surface area (Å²) in [7, 11) is 1.65. The molecule has 3 heterocycles. The molecule has 2 saturated heterocycles. The fourth-order valence-electron chi connectivity index (χ4n) is 5.54. The van der Waals surface area contributed by atoms with Crippen molar-refractivity contribution in [2.45, 2.75) is 55.4 Å². The first kappa shape index (κ1) is 20.0. The number of methoxy groups -OCH3 is 1. The number of likely N-dealkylation sites (tertiary alicyclic amines) is 1. The minimum absolute atomic E-state index is 0.0545. The lowest BCUT2D eigenvalue weighted by Crippen LogP contribution is -2.53. The van der Waals surface area contributed by atoms with Crippen LogP contribution in [0.3, 0.4) is 0 Å². The zero-order valence-electron chi connectivity index (χ0n) is 18.0. The number of hydrogen-bond acceptors (Lipinski definition) is 4. The molecule has 31 heavy (non-hydrogen) atoms. The van der Waals surface area contributed by atoms with Crippen molar-refractivity contribution in [3.63, 3.8) is 0 Å². The number of hydrogen-bond donors (Lipinski definition) is 1. The van der Waals surface area contributed by atoms with Gasteiger partial charge >= 0.3 is 0 Å². The van der Waals surface area contributed by atoms with Gasteiger partial charge in [-0.05, 0) is 55.0 Å². The zero-order chi connectivity index (χ0) is 21.5. The zero-order valence-corrected chi connectivity index (χ0v) is 18.0. The van der Waals surface area contributed by atoms with E-state index in [4.69, 9.17) is 4.74 Å². The molecular weight excluding hydrogens is 390 g/mol. The molecule has 1 aromatic heterocycles. The summed E-state index contributed by atoms with van der Waals surface area (Å²) in [6, 6.07) is 11.9. The fourth-order valence-corrected chi connectivity index (χ4v) is 5.54. The molecule has 3 fully saturated rings. The highest BCUT2D eigenvalue weighted by atomic mass is 16.5. The Hall–Kier alpha value is -2.89. The van der Waals surface area contributed by atoms with Crippen LogP contribution in [0.1, 0.15) is 55.6 Å². The number of ether oxygens (including phenoxy) is 1. The number of pyridine rings is 1. The third kappa shape index (κ3) is 3.48. The number of nitrogens with one attached hydrogen (secondary N) is 1. The normalized spacial score (nSPS) is 26.9. The smallest absolute Gasteiger partial charge is 0.233 e. The minimum Gasteiger partial charge on any atom is -0.497 e. The minimum atomic E-state index is -0.438. The van der Waals surface area contributed by atoms with Crippen LogP contribution in [-0.2, 0) is 15.0 Å². The molecule has 6 heteroatoms. The van der Waals surface area contributed by atoms with Gasteiger partial charge in [0, 0.05) is 37.8 Å². The molecule has 0 bridgehead atoms. The van der Waals surface area contributed by atoms with Gasteiger partial charge in [0.05, 0.1) is 18.1 Å². The van der Waals surface area contributed by atoms with E-state index in [2.05, 4.69) is 16.4 Å². The van der Waals surface area contributed by atoms with Crippen LogP contribution < -0.4 is 10.1 Å². The summed E-state index contributed by atoms with van der Waals surface area (Å²) in [5.74, 6) is 1.13. The van der Waals surface area contributed by atoms with Crippen LogP contribution in [-0.4, -0.2) is 47.4 Å². The lowest BCUT2D eigenvalue weighted by Gasteiger charge is -2.34. The molecule has 2 amide bonds. The molecule has 0 unspecified atom stereocenters. The van der Waals surface area contributed by atoms with Crippen LogP contribution in [0.4, 0.5) is 0 Å². The molecule has 3 aliphatic rings. The van der Waals surface area contributed by atoms with E-state index < -0.39 is 11.0 Å². The Morgan fingerprint density at radius 1 is 1.16 bits per heavy atom. The molecule has 2 aromatic rings. The molecule has 1 aromatic carbocycles. The predicted molar refractivity (Wildman–Crippen MR) is 117 cm³/mol. The molecule has 1 aliphatic carbocycles. The Balaban J connectivity index is 1.46. The highest BCUT2D eigenvalue weighted by Crippen LogP contribution is 2.52. The van der Waals surface area contributed by atoms with Crippen molar-refractivity contribution < 1.29 is 14.3 Å². The SMILES string of the molecule is COc1ccc(C2(C(=O)N3C[C@@H](c4cccnc4)[C@@]4(CCCCC(=O)N4)C3)CC2)cc1. The van der Waals surface area contributed by atoms with Gasteiger partial charge in [0.2, 0.25) is 11.8 Å². The molecule has 2 aliphatic heterocycles. The number of aromatic nitrogens is 1. The first-order chi connectivity index (χ1) is 15.1. The molecule has 5 rings (SSSR count). The van der Waals surface area contributed by atoms with Crippen molar-refractivity contribution >= 4 is 11.8 Å². The van der Waals surface area contributed by atoms with Crippen LogP contribution in [0.5, 0.6) is 5.75 Å². The van der Waals surface area contributed by atoms with Crippen molar-refractivity contribution in [3.05, 3.63) is 59.9 Å². The van der Waals surface area contributed by atoms with E-state index in [1.165, 1.54) is 0 Å². The first-order valence-corrected chi connectivity index (χ1v) is 11.2. The van der Waals surface area contributed by atoms with Crippen LogP contribution in [0, 0.1) is 0 Å². The second-order valence-electron chi connectivity index (χ2n) is 9.25. The number of rotatable bonds is 4. The van der Waals surface area contributed by atoms with Crippen molar-refractivity contribution in [1.82, 2.24) is 15.2 Å². The Bertz CT molecular complexity index is 971. The third-order valence-corrected chi connectivity index (χ3v) is 7.38. The first-order valence-electron chi connectivity index (χ1n) is 11.2. The number of benzene rings is 1. The van der Waals surface area contributed by atoms with Gasteiger partial charge in [-0.15, -0.1) is 0 Å². The van der Waals surface area contributed by atoms with Gasteiger partial charge in [0.1, 0.15) is 5.75 Å². The monoisotopic (exact) mass is 419 g/mol. The van der Waals surface area contributed by atoms with Crippen LogP contribution in [0.15, 0.2) is 48.8 Å². The van der Waals surface area contributed by atoms with E-state index in [0.29, 0.717) is 19.5 Å². The molecule has 1 spiro atoms. The Morgan fingerprint density at radius 3 is 2.65 bits per heavy atom. The van der Waals surface area contributed by atoms with E-state index >= 15 is 0 Å². The summed E-state index contributed by atoms with van der Waals surface area (Å²) in [4.78, 5) is 32.7. The Morgan fingerprint density at radius 2 is 1.97 bits per heavy atom. The number of nitrogens with zero attached hydrogens (tertiary/aromatic N) is 2. The molecule has 162 valence electrons. The maximum absolute atomic E-state index is 13.8. The highest BCUT2D eigenvalue weighted by Gasteiger charge is 2.57. The Labute approximate surface area is 183 Å². The van der Waals surface area contributed by atoms with Gasteiger partial charge in [-0.25, -0.2) is 0 Å².